The molecule has 6 heteroatoms. The van der Waals surface area contributed by atoms with Crippen LogP contribution in [0.2, 0.25) is 0 Å². The number of H-pyrrole nitrogens is 1. The normalized spacial score (nSPS) is 19.7. The molecule has 5 rings (SSSR count). The second-order valence-electron chi connectivity index (χ2n) is 6.82. The van der Waals surface area contributed by atoms with E-state index >= 15 is 0 Å². The monoisotopic (exact) mass is 336 g/mol. The number of fused-ring (bicyclic) bond motifs is 5. The van der Waals surface area contributed by atoms with Gasteiger partial charge in [-0.15, -0.1) is 0 Å². The number of nitrogens with one attached hydrogen (secondary N) is 1. The van der Waals surface area contributed by atoms with Crippen molar-refractivity contribution < 1.29 is 4.74 Å². The van der Waals surface area contributed by atoms with Crippen molar-refractivity contribution in [2.45, 2.75) is 19.4 Å². The van der Waals surface area contributed by atoms with E-state index in [4.69, 9.17) is 9.72 Å². The first-order valence-corrected chi connectivity index (χ1v) is 8.78. The third-order valence-corrected chi connectivity index (χ3v) is 5.25. The molecule has 0 radical (unpaired) electrons. The van der Waals surface area contributed by atoms with Crippen LogP contribution in [0.3, 0.4) is 0 Å². The molecular weight excluding hydrogens is 316 g/mol. The van der Waals surface area contributed by atoms with Gasteiger partial charge in [0.25, 0.3) is 5.56 Å². The van der Waals surface area contributed by atoms with Crippen molar-refractivity contribution >= 4 is 16.7 Å². The summed E-state index contributed by atoms with van der Waals surface area (Å²) in [5, 5.41) is 1.22. The summed E-state index contributed by atoms with van der Waals surface area (Å²) in [7, 11) is 0. The van der Waals surface area contributed by atoms with Crippen LogP contribution in [-0.4, -0.2) is 40.8 Å². The van der Waals surface area contributed by atoms with E-state index in [0.717, 1.165) is 42.4 Å². The van der Waals surface area contributed by atoms with Gasteiger partial charge in [-0.3, -0.25) is 9.36 Å². The summed E-state index contributed by atoms with van der Waals surface area (Å²) in [6.07, 6.45) is 0.838. The molecule has 0 aliphatic carbocycles. The smallest absolute Gasteiger partial charge is 0.256 e. The number of anilines is 1. The van der Waals surface area contributed by atoms with Crippen LogP contribution in [0.4, 0.5) is 5.82 Å². The molecule has 1 N–H and O–H groups in total. The molecule has 3 aromatic rings. The van der Waals surface area contributed by atoms with Crippen LogP contribution in [0.5, 0.6) is 0 Å². The number of para-hydroxylation sites is 1. The van der Waals surface area contributed by atoms with Gasteiger partial charge in [-0.25, -0.2) is 4.98 Å². The molecule has 2 aliphatic heterocycles. The number of morpholine rings is 1. The van der Waals surface area contributed by atoms with E-state index in [1.165, 1.54) is 10.9 Å². The summed E-state index contributed by atoms with van der Waals surface area (Å²) in [5.41, 5.74) is 3.35. The van der Waals surface area contributed by atoms with Gasteiger partial charge in [0.15, 0.2) is 5.82 Å². The van der Waals surface area contributed by atoms with Crippen LogP contribution in [0.15, 0.2) is 35.1 Å². The minimum absolute atomic E-state index is 0.0169. The summed E-state index contributed by atoms with van der Waals surface area (Å²) in [5.74, 6) is 1.50. The van der Waals surface area contributed by atoms with Crippen molar-refractivity contribution in [3.63, 3.8) is 0 Å². The Morgan fingerprint density at radius 1 is 1.24 bits per heavy atom. The van der Waals surface area contributed by atoms with Crippen LogP contribution >= 0.6 is 0 Å². The van der Waals surface area contributed by atoms with E-state index in [1.807, 2.05) is 10.6 Å². The Bertz CT molecular complexity index is 1010. The molecule has 1 unspecified atom stereocenters. The summed E-state index contributed by atoms with van der Waals surface area (Å²) in [4.78, 5) is 23.3. The quantitative estimate of drug-likeness (QED) is 0.741. The number of hydrogen-bond donors (Lipinski definition) is 1. The lowest BCUT2D eigenvalue weighted by Crippen LogP contribution is -2.39. The number of ether oxygens (including phenoxy) is 1. The molecular formula is C19H20N4O2. The topological polar surface area (TPSA) is 63.2 Å². The Hall–Kier alpha value is -2.60. The number of hydrogen-bond acceptors (Lipinski definition) is 4. The first kappa shape index (κ1) is 14.7. The van der Waals surface area contributed by atoms with Gasteiger partial charge in [-0.2, -0.15) is 0 Å². The molecule has 2 aromatic heterocycles. The van der Waals surface area contributed by atoms with Gasteiger partial charge in [-0.05, 0) is 25.0 Å². The molecule has 128 valence electrons. The average molecular weight is 336 g/mol. The molecule has 25 heavy (non-hydrogen) atoms. The maximum absolute atomic E-state index is 12.8. The van der Waals surface area contributed by atoms with Gasteiger partial charge in [0, 0.05) is 36.1 Å². The second kappa shape index (κ2) is 5.46. The van der Waals surface area contributed by atoms with Crippen molar-refractivity contribution in [3.05, 3.63) is 46.2 Å². The van der Waals surface area contributed by atoms with Crippen molar-refractivity contribution in [1.29, 1.82) is 0 Å². The molecule has 0 amide bonds. The van der Waals surface area contributed by atoms with Crippen molar-refractivity contribution in [2.24, 2.45) is 0 Å². The molecule has 1 fully saturated rings. The van der Waals surface area contributed by atoms with E-state index in [1.54, 1.807) is 6.07 Å². The summed E-state index contributed by atoms with van der Waals surface area (Å²) in [6, 6.07) is 10.1. The van der Waals surface area contributed by atoms with Gasteiger partial charge in [-0.1, -0.05) is 18.2 Å². The van der Waals surface area contributed by atoms with E-state index in [2.05, 4.69) is 35.0 Å². The lowest BCUT2D eigenvalue weighted by Gasteiger charge is -2.30. The largest absolute Gasteiger partial charge is 0.378 e. The highest BCUT2D eigenvalue weighted by molar-refractivity contribution is 5.90. The molecule has 6 nitrogen and oxygen atoms in total. The molecule has 1 saturated heterocycles. The average Bonchev–Trinajstić information content (AvgIpc) is 3.01. The molecule has 1 atom stereocenters. The van der Waals surface area contributed by atoms with Gasteiger partial charge >= 0.3 is 0 Å². The Labute approximate surface area is 145 Å². The molecule has 0 saturated carbocycles. The zero-order valence-electron chi connectivity index (χ0n) is 14.2. The summed E-state index contributed by atoms with van der Waals surface area (Å²) >= 11 is 0. The Balaban J connectivity index is 1.73. The molecule has 2 aliphatic rings. The predicted octanol–water partition coefficient (Wildman–Crippen LogP) is 2.35. The number of aromatic nitrogens is 3. The minimum Gasteiger partial charge on any atom is -0.378 e. The highest BCUT2D eigenvalue weighted by Crippen LogP contribution is 2.37. The molecule has 0 spiro atoms. The van der Waals surface area contributed by atoms with Gasteiger partial charge in [0.2, 0.25) is 0 Å². The van der Waals surface area contributed by atoms with E-state index in [0.29, 0.717) is 13.2 Å². The van der Waals surface area contributed by atoms with Crippen molar-refractivity contribution in [2.75, 3.05) is 31.2 Å². The third kappa shape index (κ3) is 2.21. The van der Waals surface area contributed by atoms with Gasteiger partial charge in [0.1, 0.15) is 5.82 Å². The zero-order valence-corrected chi connectivity index (χ0v) is 14.2. The first-order chi connectivity index (χ1) is 12.2. The molecule has 1 aromatic carbocycles. The van der Waals surface area contributed by atoms with Gasteiger partial charge in [0.05, 0.1) is 18.9 Å². The van der Waals surface area contributed by atoms with Crippen LogP contribution in [-0.2, 0) is 11.2 Å². The van der Waals surface area contributed by atoms with Crippen LogP contribution in [0.1, 0.15) is 18.5 Å². The van der Waals surface area contributed by atoms with Crippen LogP contribution in [0.25, 0.3) is 22.4 Å². The maximum atomic E-state index is 12.8. The summed E-state index contributed by atoms with van der Waals surface area (Å²) < 4.78 is 7.24. The lowest BCUT2D eigenvalue weighted by molar-refractivity contribution is 0.122. The summed E-state index contributed by atoms with van der Waals surface area (Å²) in [6.45, 7) is 4.98. The number of rotatable bonds is 1. The Kier molecular flexibility index (Phi) is 3.21. The maximum Gasteiger partial charge on any atom is 0.256 e. The van der Waals surface area contributed by atoms with Crippen LogP contribution in [0, 0.1) is 0 Å². The second-order valence-corrected chi connectivity index (χ2v) is 6.82. The van der Waals surface area contributed by atoms with E-state index in [9.17, 15) is 4.79 Å². The molecule has 4 heterocycles. The Morgan fingerprint density at radius 2 is 2.04 bits per heavy atom. The fourth-order valence-electron chi connectivity index (χ4n) is 4.03. The highest BCUT2D eigenvalue weighted by Gasteiger charge is 2.28. The predicted molar refractivity (Wildman–Crippen MR) is 97.2 cm³/mol. The van der Waals surface area contributed by atoms with Gasteiger partial charge < -0.3 is 14.6 Å². The highest BCUT2D eigenvalue weighted by atomic mass is 16.5. The first-order valence-electron chi connectivity index (χ1n) is 8.78. The number of aromatic amines is 1. The van der Waals surface area contributed by atoms with Crippen LogP contribution < -0.4 is 10.5 Å². The van der Waals surface area contributed by atoms with Crippen molar-refractivity contribution in [3.8, 4) is 11.5 Å². The number of benzene rings is 1. The zero-order chi connectivity index (χ0) is 17.0. The third-order valence-electron chi connectivity index (χ3n) is 5.25. The number of nitrogens with zero attached hydrogens (tertiary/aromatic N) is 3. The van der Waals surface area contributed by atoms with Crippen molar-refractivity contribution in [1.82, 2.24) is 14.5 Å². The minimum atomic E-state index is 0.0169. The SMILES string of the molecule is CC1Cc2c([nH]c3ccccc23)-c2nc(N3CCOCC3)cc(=O)n21. The standard InChI is InChI=1S/C19H20N4O2/c1-12-10-14-13-4-2-3-5-15(13)20-18(14)19-21-16(11-17(24)23(12)19)22-6-8-25-9-7-22/h2-5,11-12,20H,6-10H2,1H3. The lowest BCUT2D eigenvalue weighted by atomic mass is 9.99. The fraction of sp³-hybridized carbons (Fsp3) is 0.368. The van der Waals surface area contributed by atoms with E-state index < -0.39 is 0 Å². The van der Waals surface area contributed by atoms with E-state index in [-0.39, 0.29) is 11.6 Å². The molecule has 0 bridgehead atoms. The Morgan fingerprint density at radius 3 is 2.88 bits per heavy atom. The fourth-order valence-corrected chi connectivity index (χ4v) is 4.03.